The van der Waals surface area contributed by atoms with Crippen molar-refractivity contribution in [3.05, 3.63) is 12.0 Å². The Morgan fingerprint density at radius 1 is 1.33 bits per heavy atom. The molecule has 1 aliphatic rings. The van der Waals surface area contributed by atoms with Gasteiger partial charge in [0.05, 0.1) is 6.54 Å². The van der Waals surface area contributed by atoms with E-state index in [2.05, 4.69) is 15.4 Å². The summed E-state index contributed by atoms with van der Waals surface area (Å²) in [5.74, 6) is -1.80. The van der Waals surface area contributed by atoms with Crippen molar-refractivity contribution in [1.29, 1.82) is 0 Å². The van der Waals surface area contributed by atoms with Gasteiger partial charge in [0.25, 0.3) is 5.91 Å². The van der Waals surface area contributed by atoms with Crippen LogP contribution in [0.1, 0.15) is 0 Å². The quantitative estimate of drug-likeness (QED) is 0.569. The van der Waals surface area contributed by atoms with Gasteiger partial charge >= 0.3 is 5.97 Å². The van der Waals surface area contributed by atoms with Gasteiger partial charge in [-0.1, -0.05) is 0 Å². The second-order valence-corrected chi connectivity index (χ2v) is 3.23. The Labute approximate surface area is 103 Å². The molecular formula is C10H14N2O6. The monoisotopic (exact) mass is 258 g/mol. The molecule has 100 valence electrons. The summed E-state index contributed by atoms with van der Waals surface area (Å²) in [4.78, 5) is 33.4. The minimum atomic E-state index is -0.787. The van der Waals surface area contributed by atoms with E-state index in [0.717, 1.165) is 6.26 Å². The van der Waals surface area contributed by atoms with Crippen LogP contribution < -0.4 is 10.6 Å². The molecule has 0 bridgehead atoms. The van der Waals surface area contributed by atoms with Crippen molar-refractivity contribution in [3.8, 4) is 0 Å². The lowest BCUT2D eigenvalue weighted by Gasteiger charge is -2.14. The number of hydrogen-bond acceptors (Lipinski definition) is 6. The first-order valence-corrected chi connectivity index (χ1v) is 5.22. The van der Waals surface area contributed by atoms with Crippen molar-refractivity contribution in [2.24, 2.45) is 0 Å². The number of hydrogen-bond donors (Lipinski definition) is 2. The molecule has 0 saturated heterocycles. The molecule has 1 heterocycles. The summed E-state index contributed by atoms with van der Waals surface area (Å²) < 4.78 is 14.5. The molecule has 1 aliphatic heterocycles. The van der Waals surface area contributed by atoms with E-state index in [1.807, 2.05) is 0 Å². The average molecular weight is 258 g/mol. The van der Waals surface area contributed by atoms with E-state index >= 15 is 0 Å². The molecule has 0 aromatic heterocycles. The van der Waals surface area contributed by atoms with Gasteiger partial charge in [0, 0.05) is 7.05 Å². The molecule has 0 aliphatic carbocycles. The molecule has 18 heavy (non-hydrogen) atoms. The first kappa shape index (κ1) is 13.8. The highest BCUT2D eigenvalue weighted by Crippen LogP contribution is 2.05. The number of esters is 1. The van der Waals surface area contributed by atoms with Gasteiger partial charge in [0.15, 0.2) is 6.61 Å². The maximum absolute atomic E-state index is 11.3. The van der Waals surface area contributed by atoms with Crippen LogP contribution in [0.2, 0.25) is 0 Å². The summed E-state index contributed by atoms with van der Waals surface area (Å²) >= 11 is 0. The van der Waals surface area contributed by atoms with Crippen LogP contribution in [-0.2, 0) is 28.6 Å². The fraction of sp³-hybridized carbons (Fsp3) is 0.500. The molecular weight excluding hydrogens is 244 g/mol. The molecule has 0 atom stereocenters. The molecule has 2 N–H and O–H groups in total. The number of amides is 2. The predicted molar refractivity (Wildman–Crippen MR) is 58.0 cm³/mol. The third kappa shape index (κ3) is 4.73. The van der Waals surface area contributed by atoms with E-state index < -0.39 is 18.5 Å². The maximum Gasteiger partial charge on any atom is 0.377 e. The molecule has 2 amide bonds. The summed E-state index contributed by atoms with van der Waals surface area (Å²) in [5, 5.41) is 4.60. The zero-order valence-electron chi connectivity index (χ0n) is 9.86. The van der Waals surface area contributed by atoms with E-state index in [0.29, 0.717) is 6.61 Å². The first-order chi connectivity index (χ1) is 8.63. The smallest absolute Gasteiger partial charge is 0.377 e. The lowest BCUT2D eigenvalue weighted by molar-refractivity contribution is -0.149. The predicted octanol–water partition coefficient (Wildman–Crippen LogP) is -1.72. The molecule has 0 aromatic rings. The van der Waals surface area contributed by atoms with Crippen molar-refractivity contribution in [2.75, 3.05) is 33.4 Å². The van der Waals surface area contributed by atoms with E-state index in [1.54, 1.807) is 0 Å². The molecule has 0 radical (unpaired) electrons. The number of carbonyl (C=O) groups excluding carboxylic acids is 3. The van der Waals surface area contributed by atoms with E-state index in [4.69, 9.17) is 9.47 Å². The third-order valence-electron chi connectivity index (χ3n) is 1.91. The Kier molecular flexibility index (Phi) is 5.49. The Balaban J connectivity index is 2.23. The molecule has 8 heteroatoms. The number of carbonyl (C=O) groups is 3. The van der Waals surface area contributed by atoms with Crippen LogP contribution in [0.15, 0.2) is 12.0 Å². The summed E-state index contributed by atoms with van der Waals surface area (Å²) in [6, 6.07) is 0. The highest BCUT2D eigenvalue weighted by atomic mass is 16.6. The van der Waals surface area contributed by atoms with Crippen LogP contribution in [0.3, 0.4) is 0 Å². The van der Waals surface area contributed by atoms with Gasteiger partial charge in [-0.2, -0.15) is 0 Å². The SMILES string of the molecule is CNC(=O)CNC(=O)COC(=O)C1=COCCO1. The Bertz CT molecular complexity index is 365. The highest BCUT2D eigenvalue weighted by Gasteiger charge is 2.17. The number of likely N-dealkylation sites (N-methyl/N-ethyl adjacent to an activating group) is 1. The molecule has 0 fully saturated rings. The second-order valence-electron chi connectivity index (χ2n) is 3.23. The van der Waals surface area contributed by atoms with Crippen LogP contribution in [0, 0.1) is 0 Å². The minimum absolute atomic E-state index is 0.0830. The zero-order valence-corrected chi connectivity index (χ0v) is 9.86. The lowest BCUT2D eigenvalue weighted by atomic mass is 10.5. The number of nitrogens with one attached hydrogen (secondary N) is 2. The van der Waals surface area contributed by atoms with Crippen LogP contribution in [0.5, 0.6) is 0 Å². The second kappa shape index (κ2) is 7.15. The van der Waals surface area contributed by atoms with Crippen LogP contribution >= 0.6 is 0 Å². The zero-order chi connectivity index (χ0) is 13.4. The van der Waals surface area contributed by atoms with E-state index in [1.165, 1.54) is 7.05 Å². The molecule has 0 unspecified atom stereocenters. The normalized spacial score (nSPS) is 13.5. The first-order valence-electron chi connectivity index (χ1n) is 5.22. The van der Waals surface area contributed by atoms with Gasteiger partial charge in [-0.3, -0.25) is 9.59 Å². The fourth-order valence-electron chi connectivity index (χ4n) is 0.996. The van der Waals surface area contributed by atoms with Crippen molar-refractivity contribution in [3.63, 3.8) is 0 Å². The molecule has 1 rings (SSSR count). The Morgan fingerprint density at radius 2 is 2.11 bits per heavy atom. The lowest BCUT2D eigenvalue weighted by Crippen LogP contribution is -2.37. The summed E-state index contributed by atoms with van der Waals surface area (Å²) in [7, 11) is 1.45. The Hall–Kier alpha value is -2.25. The van der Waals surface area contributed by atoms with Gasteiger partial charge in [-0.15, -0.1) is 0 Å². The summed E-state index contributed by atoms with van der Waals surface area (Å²) in [6.07, 6.45) is 1.13. The molecule has 0 aromatic carbocycles. The van der Waals surface area contributed by atoms with Gasteiger partial charge in [-0.05, 0) is 0 Å². The summed E-state index contributed by atoms with van der Waals surface area (Å²) in [6.45, 7) is -0.0427. The van der Waals surface area contributed by atoms with Gasteiger partial charge in [-0.25, -0.2) is 4.79 Å². The molecule has 0 spiro atoms. The fourth-order valence-corrected chi connectivity index (χ4v) is 0.996. The van der Waals surface area contributed by atoms with Crippen LogP contribution in [0.25, 0.3) is 0 Å². The van der Waals surface area contributed by atoms with Crippen molar-refractivity contribution >= 4 is 17.8 Å². The van der Waals surface area contributed by atoms with Gasteiger partial charge in [0.1, 0.15) is 19.5 Å². The van der Waals surface area contributed by atoms with Crippen LogP contribution in [0.4, 0.5) is 0 Å². The number of ether oxygens (including phenoxy) is 3. The molecule has 8 nitrogen and oxygen atoms in total. The van der Waals surface area contributed by atoms with Crippen molar-refractivity contribution < 1.29 is 28.6 Å². The van der Waals surface area contributed by atoms with Crippen molar-refractivity contribution in [2.45, 2.75) is 0 Å². The van der Waals surface area contributed by atoms with Crippen molar-refractivity contribution in [1.82, 2.24) is 10.6 Å². The Morgan fingerprint density at radius 3 is 2.72 bits per heavy atom. The van der Waals surface area contributed by atoms with Crippen LogP contribution in [-0.4, -0.2) is 51.2 Å². The largest absolute Gasteiger partial charge is 0.493 e. The maximum atomic E-state index is 11.3. The topological polar surface area (TPSA) is 103 Å². The standard InChI is InChI=1S/C10H14N2O6/c1-11-8(13)4-12-9(14)6-18-10(15)7-5-16-2-3-17-7/h5H,2-4,6H2,1H3,(H,11,13)(H,12,14). The highest BCUT2D eigenvalue weighted by molar-refractivity contribution is 5.89. The molecule has 0 saturated carbocycles. The minimum Gasteiger partial charge on any atom is -0.493 e. The number of rotatable bonds is 5. The summed E-state index contributed by atoms with van der Waals surface area (Å²) in [5.41, 5.74) is 0. The third-order valence-corrected chi connectivity index (χ3v) is 1.91. The average Bonchev–Trinajstić information content (AvgIpc) is 2.42. The van der Waals surface area contributed by atoms with Gasteiger partial charge in [0.2, 0.25) is 11.7 Å². The van der Waals surface area contributed by atoms with E-state index in [9.17, 15) is 14.4 Å². The van der Waals surface area contributed by atoms with E-state index in [-0.39, 0.29) is 24.8 Å². The van der Waals surface area contributed by atoms with Gasteiger partial charge < -0.3 is 24.8 Å².